The molecule has 0 saturated carbocycles. The van der Waals surface area contributed by atoms with Crippen LogP contribution in [0, 0.1) is 0 Å². The number of para-hydroxylation sites is 2. The van der Waals surface area contributed by atoms with Gasteiger partial charge in [-0.25, -0.2) is 9.36 Å². The van der Waals surface area contributed by atoms with Crippen LogP contribution < -0.4 is 0 Å². The topological polar surface area (TPSA) is 40.6 Å². The van der Waals surface area contributed by atoms with Crippen LogP contribution in [0.15, 0.2) is 128 Å². The highest BCUT2D eigenvalue weighted by molar-refractivity contribution is 6.10. The van der Waals surface area contributed by atoms with Crippen LogP contribution in [0.5, 0.6) is 0 Å². The summed E-state index contributed by atoms with van der Waals surface area (Å²) in [7, 11) is 0. The Morgan fingerprint density at radius 2 is 1.11 bits per heavy atom. The number of benzene rings is 4. The molecule has 0 fully saturated rings. The van der Waals surface area contributed by atoms with Crippen molar-refractivity contribution in [1.82, 2.24) is 24.1 Å². The average Bonchev–Trinajstić information content (AvgIpc) is 3.69. The van der Waals surface area contributed by atoms with E-state index >= 15 is 0 Å². The number of aromatic nitrogens is 5. The average molecular weight is 452 g/mol. The second kappa shape index (κ2) is 7.85. The molecule has 5 heteroatoms. The molecule has 4 aromatic carbocycles. The van der Waals surface area contributed by atoms with Gasteiger partial charge < -0.3 is 4.57 Å². The zero-order chi connectivity index (χ0) is 23.2. The smallest absolute Gasteiger partial charge is 0.0673 e. The first kappa shape index (κ1) is 19.6. The van der Waals surface area contributed by atoms with E-state index in [-0.39, 0.29) is 0 Å². The lowest BCUT2D eigenvalue weighted by Crippen LogP contribution is -2.00. The molecule has 0 amide bonds. The van der Waals surface area contributed by atoms with Crippen molar-refractivity contribution in [3.8, 4) is 28.2 Å². The molecule has 166 valence electrons. The fourth-order valence-electron chi connectivity index (χ4n) is 4.88. The second-order valence-corrected chi connectivity index (χ2v) is 8.56. The Morgan fingerprint density at radius 1 is 0.457 bits per heavy atom. The van der Waals surface area contributed by atoms with Gasteiger partial charge in [-0.15, -0.1) is 0 Å². The number of hydrogen-bond acceptors (Lipinski definition) is 2. The van der Waals surface area contributed by atoms with Crippen molar-refractivity contribution in [3.63, 3.8) is 0 Å². The number of fused-ring (bicyclic) bond motifs is 3. The van der Waals surface area contributed by atoms with Crippen molar-refractivity contribution >= 4 is 21.8 Å². The monoisotopic (exact) mass is 451 g/mol. The Kier molecular flexibility index (Phi) is 4.39. The van der Waals surface area contributed by atoms with Crippen molar-refractivity contribution in [2.45, 2.75) is 0 Å². The van der Waals surface area contributed by atoms with Crippen molar-refractivity contribution in [2.75, 3.05) is 0 Å². The largest absolute Gasteiger partial charge is 0.309 e. The molecule has 0 aliphatic carbocycles. The Morgan fingerprint density at radius 3 is 1.80 bits per heavy atom. The number of nitrogens with zero attached hydrogens (tertiary/aromatic N) is 5. The van der Waals surface area contributed by atoms with Gasteiger partial charge in [-0.05, 0) is 71.8 Å². The van der Waals surface area contributed by atoms with Gasteiger partial charge in [0.05, 0.1) is 22.4 Å². The lowest BCUT2D eigenvalue weighted by atomic mass is 10.0. The molecule has 0 saturated heterocycles. The molecule has 0 N–H and O–H groups in total. The molecule has 0 unspecified atom stereocenters. The van der Waals surface area contributed by atoms with Crippen LogP contribution in [0.4, 0.5) is 0 Å². The predicted molar refractivity (Wildman–Crippen MR) is 140 cm³/mol. The van der Waals surface area contributed by atoms with E-state index in [0.29, 0.717) is 0 Å². The highest BCUT2D eigenvalue weighted by atomic mass is 15.3. The summed E-state index contributed by atoms with van der Waals surface area (Å²) in [5.74, 6) is 0. The molecular formula is C30H21N5. The van der Waals surface area contributed by atoms with Crippen molar-refractivity contribution in [3.05, 3.63) is 128 Å². The zero-order valence-electron chi connectivity index (χ0n) is 18.9. The third kappa shape index (κ3) is 3.25. The van der Waals surface area contributed by atoms with Gasteiger partial charge in [0.1, 0.15) is 0 Å². The fourth-order valence-corrected chi connectivity index (χ4v) is 4.88. The van der Waals surface area contributed by atoms with Crippen molar-refractivity contribution < 1.29 is 0 Å². The van der Waals surface area contributed by atoms with E-state index in [1.807, 2.05) is 33.9 Å². The lowest BCUT2D eigenvalue weighted by Gasteiger charge is -2.11. The molecule has 7 rings (SSSR count). The zero-order valence-corrected chi connectivity index (χ0v) is 18.9. The van der Waals surface area contributed by atoms with Gasteiger partial charge in [0.15, 0.2) is 0 Å². The minimum atomic E-state index is 0.991. The third-order valence-corrected chi connectivity index (χ3v) is 6.46. The van der Waals surface area contributed by atoms with E-state index in [4.69, 9.17) is 0 Å². The molecular weight excluding hydrogens is 430 g/mol. The first-order chi connectivity index (χ1) is 17.3. The van der Waals surface area contributed by atoms with E-state index in [0.717, 1.165) is 28.2 Å². The van der Waals surface area contributed by atoms with E-state index in [1.165, 1.54) is 21.8 Å². The van der Waals surface area contributed by atoms with Crippen LogP contribution in [-0.2, 0) is 0 Å². The molecule has 0 bridgehead atoms. The summed E-state index contributed by atoms with van der Waals surface area (Å²) in [6.07, 6.45) is 7.51. The molecule has 0 aliphatic heterocycles. The fraction of sp³-hybridized carbons (Fsp3) is 0. The summed E-state index contributed by atoms with van der Waals surface area (Å²) >= 11 is 0. The van der Waals surface area contributed by atoms with Crippen LogP contribution in [0.1, 0.15) is 0 Å². The number of rotatable bonds is 4. The van der Waals surface area contributed by atoms with E-state index in [1.54, 1.807) is 12.4 Å². The molecule has 3 heterocycles. The molecule has 5 nitrogen and oxygen atoms in total. The molecule has 0 aliphatic rings. The Hall–Kier alpha value is -4.90. The van der Waals surface area contributed by atoms with Gasteiger partial charge >= 0.3 is 0 Å². The minimum absolute atomic E-state index is 0.991. The lowest BCUT2D eigenvalue weighted by molar-refractivity contribution is 0.857. The van der Waals surface area contributed by atoms with Gasteiger partial charge in [0.2, 0.25) is 0 Å². The molecule has 0 spiro atoms. The van der Waals surface area contributed by atoms with Gasteiger partial charge in [-0.3, -0.25) is 0 Å². The predicted octanol–water partition coefficient (Wildman–Crippen LogP) is 6.82. The maximum atomic E-state index is 4.46. The quantitative estimate of drug-likeness (QED) is 0.295. The molecule has 0 atom stereocenters. The van der Waals surface area contributed by atoms with E-state index in [2.05, 4.69) is 106 Å². The van der Waals surface area contributed by atoms with Crippen LogP contribution in [0.25, 0.3) is 50.0 Å². The normalized spacial score (nSPS) is 11.4. The second-order valence-electron chi connectivity index (χ2n) is 8.56. The first-order valence-electron chi connectivity index (χ1n) is 11.6. The summed E-state index contributed by atoms with van der Waals surface area (Å²) in [6, 6.07) is 36.2. The summed E-state index contributed by atoms with van der Waals surface area (Å²) < 4.78 is 6.11. The SMILES string of the molecule is c1ccc(-n2c3ccccc3c3cc(-c4cc(-n5cccn5)cc(-n5cccn5)c4)ccc32)cc1. The van der Waals surface area contributed by atoms with Crippen molar-refractivity contribution in [2.24, 2.45) is 0 Å². The maximum Gasteiger partial charge on any atom is 0.0673 e. The van der Waals surface area contributed by atoms with Gasteiger partial charge in [0, 0.05) is 41.2 Å². The molecule has 7 aromatic rings. The minimum Gasteiger partial charge on any atom is -0.309 e. The molecule has 0 radical (unpaired) electrons. The van der Waals surface area contributed by atoms with Crippen LogP contribution in [0.2, 0.25) is 0 Å². The van der Waals surface area contributed by atoms with Crippen LogP contribution >= 0.6 is 0 Å². The van der Waals surface area contributed by atoms with E-state index < -0.39 is 0 Å². The maximum absolute atomic E-state index is 4.46. The Balaban J connectivity index is 1.47. The Labute approximate surface area is 202 Å². The van der Waals surface area contributed by atoms with Crippen molar-refractivity contribution in [1.29, 1.82) is 0 Å². The summed E-state index contributed by atoms with van der Waals surface area (Å²) in [4.78, 5) is 0. The molecule has 35 heavy (non-hydrogen) atoms. The highest BCUT2D eigenvalue weighted by Gasteiger charge is 2.14. The van der Waals surface area contributed by atoms with Gasteiger partial charge in [-0.1, -0.05) is 42.5 Å². The van der Waals surface area contributed by atoms with Crippen LogP contribution in [0.3, 0.4) is 0 Å². The molecule has 3 aromatic heterocycles. The summed E-state index contributed by atoms with van der Waals surface area (Å²) in [6.45, 7) is 0. The van der Waals surface area contributed by atoms with Crippen LogP contribution in [-0.4, -0.2) is 24.1 Å². The Bertz CT molecular complexity index is 1720. The highest BCUT2D eigenvalue weighted by Crippen LogP contribution is 2.35. The standard InChI is InChI=1S/C30H21N5/c1-2-8-24(9-3-1)35-29-11-5-4-10-27(29)28-20-22(12-13-30(28)35)23-18-25(33-16-6-14-31-33)21-26(19-23)34-17-7-15-32-34/h1-21H. The third-order valence-electron chi connectivity index (χ3n) is 6.46. The van der Waals surface area contributed by atoms with Gasteiger partial charge in [-0.2, -0.15) is 10.2 Å². The summed E-state index contributed by atoms with van der Waals surface area (Å²) in [5, 5.41) is 11.4. The first-order valence-corrected chi connectivity index (χ1v) is 11.6. The number of hydrogen-bond donors (Lipinski definition) is 0. The van der Waals surface area contributed by atoms with E-state index in [9.17, 15) is 0 Å². The van der Waals surface area contributed by atoms with Gasteiger partial charge in [0.25, 0.3) is 0 Å². The summed E-state index contributed by atoms with van der Waals surface area (Å²) in [5.41, 5.74) is 7.80.